The second kappa shape index (κ2) is 35.3. The van der Waals surface area contributed by atoms with Crippen LogP contribution < -0.4 is 9.47 Å². The van der Waals surface area contributed by atoms with Gasteiger partial charge in [-0.1, -0.05) is 95.2 Å². The van der Waals surface area contributed by atoms with Crippen molar-refractivity contribution in [1.29, 1.82) is 0 Å². The Labute approximate surface area is 538 Å². The molecule has 0 radical (unpaired) electrons. The van der Waals surface area contributed by atoms with E-state index < -0.39 is 117 Å². The van der Waals surface area contributed by atoms with Crippen LogP contribution in [0.3, 0.4) is 0 Å². The molecule has 0 heterocycles. The van der Waals surface area contributed by atoms with E-state index in [0.29, 0.717) is 39.0 Å². The van der Waals surface area contributed by atoms with Gasteiger partial charge in [-0.25, -0.2) is 13.2 Å². The van der Waals surface area contributed by atoms with Crippen LogP contribution in [0.2, 0.25) is 0 Å². The van der Waals surface area contributed by atoms with E-state index in [1.54, 1.807) is 73.6 Å². The lowest BCUT2D eigenvalue weighted by Gasteiger charge is -2.14. The van der Waals surface area contributed by atoms with Crippen LogP contribution in [-0.2, 0) is 30.9 Å². The molecule has 30 heteroatoms. The summed E-state index contributed by atoms with van der Waals surface area (Å²) in [6.07, 6.45) is -30.0. The first-order chi connectivity index (χ1) is 41.9. The van der Waals surface area contributed by atoms with Gasteiger partial charge in [0.05, 0.1) is 27.8 Å². The van der Waals surface area contributed by atoms with Crippen LogP contribution in [-0.4, -0.2) is 18.5 Å². The number of alkyl halides is 25. The minimum atomic E-state index is -4.65. The summed E-state index contributed by atoms with van der Waals surface area (Å²) in [4.78, 5) is -0.443. The number of hydrogen-bond acceptors (Lipinski definition) is 3. The Balaban J connectivity index is 0.000000559. The molecule has 522 valence electrons. The molecule has 0 amide bonds. The van der Waals surface area contributed by atoms with Crippen molar-refractivity contribution in [3.05, 3.63) is 191 Å². The van der Waals surface area contributed by atoms with E-state index in [2.05, 4.69) is 9.47 Å². The van der Waals surface area contributed by atoms with Crippen molar-refractivity contribution in [3.63, 3.8) is 0 Å². The number of halogens is 27. The lowest BCUT2D eigenvalue weighted by atomic mass is 9.97. The molecule has 0 fully saturated rings. The Kier molecular flexibility index (Phi) is 32.3. The first kappa shape index (κ1) is 85.2. The molecule has 0 saturated heterocycles. The van der Waals surface area contributed by atoms with Crippen LogP contribution in [0.5, 0.6) is 11.5 Å². The summed E-state index contributed by atoms with van der Waals surface area (Å²) < 4.78 is 329. The Morgan fingerprint density at radius 2 is 0.677 bits per heavy atom. The van der Waals surface area contributed by atoms with Crippen LogP contribution >= 0.6 is 34.4 Å². The van der Waals surface area contributed by atoms with E-state index in [-0.39, 0.29) is 52.4 Å². The molecule has 6 aromatic rings. The van der Waals surface area contributed by atoms with Gasteiger partial charge in [0.2, 0.25) is 0 Å². The van der Waals surface area contributed by atoms with Crippen molar-refractivity contribution in [1.82, 2.24) is 0 Å². The molecule has 0 bridgehead atoms. The summed E-state index contributed by atoms with van der Waals surface area (Å²) in [5.74, 6) is -2.01. The molecule has 0 aromatic heterocycles. The molecular weight excluding hydrogens is 1440 g/mol. The fraction of sp³-hybridized carbons (Fsp3) is 0.429. The van der Waals surface area contributed by atoms with Gasteiger partial charge in [-0.2, -0.15) is 87.8 Å². The van der Waals surface area contributed by atoms with E-state index >= 15 is 0 Å². The van der Waals surface area contributed by atoms with Crippen LogP contribution in [0.15, 0.2) is 120 Å². The molecule has 0 atom stereocenters. The summed E-state index contributed by atoms with van der Waals surface area (Å²) in [5, 5.41) is 0. The maximum atomic E-state index is 12.8. The highest BCUT2D eigenvalue weighted by Gasteiger charge is 2.37. The average Bonchev–Trinajstić information content (AvgIpc) is 0.991. The molecule has 0 aliphatic rings. The van der Waals surface area contributed by atoms with Crippen molar-refractivity contribution in [2.45, 2.75) is 179 Å². The Bertz CT molecular complexity index is 3150. The Hall–Kier alpha value is -5.82. The third-order valence-electron chi connectivity index (χ3n) is 12.1. The van der Waals surface area contributed by atoms with Gasteiger partial charge >= 0.3 is 49.4 Å². The average molecular weight is 1510 g/mol. The lowest BCUT2D eigenvalue weighted by Crippen LogP contribution is -2.17. The topological polar surface area (TPSA) is 18.5 Å². The lowest BCUT2D eigenvalue weighted by molar-refractivity contribution is -0.274. The summed E-state index contributed by atoms with van der Waals surface area (Å²) >= 11 is 1.37. The molecule has 0 N–H and O–H groups in total. The predicted octanol–water partition coefficient (Wildman–Crippen LogP) is 26.7. The van der Waals surface area contributed by atoms with Gasteiger partial charge in [-0.15, -0.1) is 13.2 Å². The summed E-state index contributed by atoms with van der Waals surface area (Å²) in [6, 6.07) is 20.5. The Morgan fingerprint density at radius 1 is 0.344 bits per heavy atom. The SMILES string of the molecule is CC(C)c1cc(C(F)F)cc(C(F)(F)F)c1.CC(C)c1cc(F)cc(C(F)(F)F)c1.CC(C)c1cc(I)cc(C(F)(F)F)c1.CC(C)c1cc(OC(F)F)cc(C(F)(F)F)c1.CC(C)c1cc(SC(F)(F)F)cc(C(F)(F)F)c1.CC(C)c1cccc(OC(F)(F)F)c1. The zero-order valence-corrected chi connectivity index (χ0v) is 54.0. The van der Waals surface area contributed by atoms with E-state index in [9.17, 15) is 114 Å². The molecule has 93 heavy (non-hydrogen) atoms. The third kappa shape index (κ3) is 32.9. The number of rotatable bonds is 11. The first-order valence-corrected chi connectivity index (χ1v) is 29.1. The smallest absolute Gasteiger partial charge is 0.435 e. The van der Waals surface area contributed by atoms with E-state index in [0.717, 1.165) is 59.7 Å². The van der Waals surface area contributed by atoms with E-state index in [4.69, 9.17) is 0 Å². The van der Waals surface area contributed by atoms with E-state index in [1.807, 2.05) is 50.3 Å². The van der Waals surface area contributed by atoms with Crippen molar-refractivity contribution in [2.75, 3.05) is 0 Å². The third-order valence-corrected chi connectivity index (χ3v) is 13.4. The fourth-order valence-corrected chi connectivity index (χ4v) is 8.53. The van der Waals surface area contributed by atoms with Crippen LogP contribution in [0, 0.1) is 9.39 Å². The summed E-state index contributed by atoms with van der Waals surface area (Å²) in [6.45, 7) is 17.8. The normalized spacial score (nSPS) is 12.4. The number of ether oxygens (including phenoxy) is 2. The van der Waals surface area contributed by atoms with Crippen molar-refractivity contribution in [3.8, 4) is 11.5 Å². The molecule has 0 aliphatic heterocycles. The van der Waals surface area contributed by atoms with Gasteiger partial charge in [0.1, 0.15) is 17.3 Å². The second-order valence-corrected chi connectivity index (χ2v) is 24.2. The first-order valence-electron chi connectivity index (χ1n) is 27.2. The van der Waals surface area contributed by atoms with Crippen molar-refractivity contribution in [2.24, 2.45) is 0 Å². The minimum absolute atomic E-state index is 0.116. The Morgan fingerprint density at radius 3 is 1.05 bits per heavy atom. The number of benzene rings is 6. The maximum absolute atomic E-state index is 12.8. The highest BCUT2D eigenvalue weighted by Crippen LogP contribution is 2.42. The molecule has 0 unspecified atom stereocenters. The molecule has 6 rings (SSSR count). The number of hydrogen-bond donors (Lipinski definition) is 0. The van der Waals surface area contributed by atoms with Gasteiger partial charge in [0, 0.05) is 14.0 Å². The molecule has 2 nitrogen and oxygen atoms in total. The van der Waals surface area contributed by atoms with E-state index in [1.165, 1.54) is 24.3 Å². The standard InChI is InChI=1S/C11H10F6S.C11H11F5O.C11H11F5.C10H10F4.C10H10F3I.C10H11F3O/c1-6(2)7-3-8(10(12,13)14)5-9(4-7)18-11(15,16)17;1-6(2)7-3-8(11(14,15)16)5-9(4-7)17-10(12)13;1-6(2)7-3-8(10(12)13)5-9(4-7)11(14,15)16;1-6(2)7-3-8(10(12,13)14)5-9(11)4-7;1-6(2)7-3-8(10(11,12)13)5-9(14)4-7;1-7(2)8-4-3-5-9(6-8)14-10(11,12)13/h3-6H,1-2H3;3-6,10H,1-2H3;3-6,10H,1-2H3;2*3-6H,1-2H3;3-7H,1-2H3. The molecule has 0 spiro atoms. The molecule has 0 saturated carbocycles. The predicted molar refractivity (Wildman–Crippen MR) is 311 cm³/mol. The highest BCUT2D eigenvalue weighted by molar-refractivity contribution is 14.1. The maximum Gasteiger partial charge on any atom is 0.573 e. The quantitative estimate of drug-likeness (QED) is 0.0732. The van der Waals surface area contributed by atoms with Crippen LogP contribution in [0.1, 0.15) is 192 Å². The fourth-order valence-electron chi connectivity index (χ4n) is 7.19. The van der Waals surface area contributed by atoms with Gasteiger partial charge < -0.3 is 9.47 Å². The summed E-state index contributed by atoms with van der Waals surface area (Å²) in [5.41, 5.74) is -7.02. The largest absolute Gasteiger partial charge is 0.573 e. The zero-order chi connectivity index (χ0) is 72.5. The highest BCUT2D eigenvalue weighted by atomic mass is 127. The monoisotopic (exact) mass is 1500 g/mol. The number of thioether (sulfide) groups is 1. The molecule has 0 aliphatic carbocycles. The minimum Gasteiger partial charge on any atom is -0.435 e. The van der Waals surface area contributed by atoms with Crippen molar-refractivity contribution < 1.29 is 124 Å². The van der Waals surface area contributed by atoms with Gasteiger partial charge in [0.15, 0.2) is 0 Å². The molecular formula is C63H63F26IO2S. The van der Waals surface area contributed by atoms with Crippen LogP contribution in [0.4, 0.5) is 114 Å². The van der Waals surface area contributed by atoms with Gasteiger partial charge in [-0.3, -0.25) is 0 Å². The van der Waals surface area contributed by atoms with Gasteiger partial charge in [-0.05, 0) is 206 Å². The van der Waals surface area contributed by atoms with Crippen molar-refractivity contribution >= 4 is 34.4 Å². The van der Waals surface area contributed by atoms with Gasteiger partial charge in [0.25, 0.3) is 6.43 Å². The zero-order valence-electron chi connectivity index (χ0n) is 51.0. The van der Waals surface area contributed by atoms with Crippen LogP contribution in [0.25, 0.3) is 0 Å². The molecule has 6 aromatic carbocycles. The summed E-state index contributed by atoms with van der Waals surface area (Å²) in [7, 11) is 0. The second-order valence-electron chi connectivity index (χ2n) is 21.8.